The molecule has 0 spiro atoms. The number of hydrogen-bond acceptors (Lipinski definition) is 11. The fraction of sp³-hybridized carbons (Fsp3) is 0.281. The predicted octanol–water partition coefficient (Wildman–Crippen LogP) is 11.6. The van der Waals surface area contributed by atoms with Crippen molar-refractivity contribution in [2.75, 3.05) is 0 Å². The highest BCUT2D eigenvalue weighted by Crippen LogP contribution is 2.47. The maximum atomic E-state index is 15.6. The molecule has 4 aromatic heterocycles. The summed E-state index contributed by atoms with van der Waals surface area (Å²) in [5, 5.41) is 9.46. The second-order valence-electron chi connectivity index (χ2n) is 20.7. The second-order valence-corrected chi connectivity index (χ2v) is 21.5. The van der Waals surface area contributed by atoms with Crippen molar-refractivity contribution in [3.8, 4) is 22.5 Å². The van der Waals surface area contributed by atoms with E-state index in [2.05, 4.69) is 20.6 Å². The number of carbonyl (C=O) groups is 3. The lowest BCUT2D eigenvalue weighted by atomic mass is 9.87. The van der Waals surface area contributed by atoms with Crippen LogP contribution in [0.1, 0.15) is 110 Å². The summed E-state index contributed by atoms with van der Waals surface area (Å²) in [6, 6.07) is 28.2. The first kappa shape index (κ1) is 48.9. The molecule has 4 atom stereocenters. The highest BCUT2D eigenvalue weighted by molar-refractivity contribution is 6.32. The van der Waals surface area contributed by atoms with Gasteiger partial charge in [-0.1, -0.05) is 47.5 Å². The van der Waals surface area contributed by atoms with Crippen LogP contribution in [0, 0.1) is 0 Å². The lowest BCUT2D eigenvalue weighted by molar-refractivity contribution is -0.123. The molecule has 0 aliphatic carbocycles. The van der Waals surface area contributed by atoms with Gasteiger partial charge in [-0.25, -0.2) is 18.7 Å². The second kappa shape index (κ2) is 19.0. The molecule has 6 heterocycles. The first-order valence-corrected chi connectivity index (χ1v) is 24.8. The summed E-state index contributed by atoms with van der Waals surface area (Å²) < 4.78 is 15.2. The third kappa shape index (κ3) is 9.44. The molecule has 0 radical (unpaired) electrons. The zero-order valence-corrected chi connectivity index (χ0v) is 42.4. The fourth-order valence-electron chi connectivity index (χ4n) is 10.1. The molecule has 72 heavy (non-hydrogen) atoms. The number of halogens is 2. The predicted molar refractivity (Wildman–Crippen MR) is 282 cm³/mol. The SMILES string of the molecule is CC(C)(C)OC(=O)n1c(-c2ccc(Cl)c3c2C(C(=O)C2NCc4c(Cl)ccc(-c5cc6cc(C(N)Cc7ccncc7)ccc6n5C(=O)OC(C)(C)C)c42)NC3)cc2cc(C(N)Cc3ccncc3)ccc21. The van der Waals surface area contributed by atoms with E-state index in [1.165, 1.54) is 0 Å². The van der Waals surface area contributed by atoms with Gasteiger partial charge < -0.3 is 20.9 Å². The van der Waals surface area contributed by atoms with Crippen LogP contribution in [-0.2, 0) is 40.2 Å². The van der Waals surface area contributed by atoms with Gasteiger partial charge in [-0.3, -0.25) is 25.4 Å². The summed E-state index contributed by atoms with van der Waals surface area (Å²) in [7, 11) is 0. The lowest BCUT2D eigenvalue weighted by Crippen LogP contribution is -2.32. The van der Waals surface area contributed by atoms with Crippen LogP contribution in [0.25, 0.3) is 44.3 Å². The van der Waals surface area contributed by atoms with Crippen LogP contribution in [0.3, 0.4) is 0 Å². The van der Waals surface area contributed by atoms with E-state index in [1.54, 1.807) is 46.1 Å². The van der Waals surface area contributed by atoms with Crippen molar-refractivity contribution in [1.29, 1.82) is 0 Å². The van der Waals surface area contributed by atoms with Crippen LogP contribution < -0.4 is 22.1 Å². The summed E-state index contributed by atoms with van der Waals surface area (Å²) >= 11 is 14.0. The van der Waals surface area contributed by atoms with Gasteiger partial charge >= 0.3 is 12.2 Å². The monoisotopic (exact) mass is 1000 g/mol. The number of ketones is 1. The molecule has 4 aromatic carbocycles. The smallest absolute Gasteiger partial charge is 0.419 e. The van der Waals surface area contributed by atoms with Gasteiger partial charge in [0.2, 0.25) is 0 Å². The summed E-state index contributed by atoms with van der Waals surface area (Å²) in [4.78, 5) is 52.7. The third-order valence-corrected chi connectivity index (χ3v) is 14.0. The molecule has 2 aliphatic rings. The molecule has 4 unspecified atom stereocenters. The van der Waals surface area contributed by atoms with Crippen molar-refractivity contribution >= 4 is 63.0 Å². The number of aromatic nitrogens is 4. The van der Waals surface area contributed by atoms with Gasteiger partial charge in [0.05, 0.1) is 34.5 Å². The molecule has 0 fully saturated rings. The zero-order chi connectivity index (χ0) is 50.8. The van der Waals surface area contributed by atoms with Gasteiger partial charge in [0.1, 0.15) is 11.2 Å². The van der Waals surface area contributed by atoms with E-state index in [0.717, 1.165) is 44.2 Å². The number of hydrogen-bond donors (Lipinski definition) is 4. The number of nitrogens with zero attached hydrogens (tertiary/aromatic N) is 4. The van der Waals surface area contributed by atoms with Gasteiger partial charge in [0.15, 0.2) is 5.78 Å². The van der Waals surface area contributed by atoms with E-state index in [-0.39, 0.29) is 17.9 Å². The first-order chi connectivity index (χ1) is 34.3. The average molecular weight is 1000 g/mol. The first-order valence-electron chi connectivity index (χ1n) is 24.0. The third-order valence-electron chi connectivity index (χ3n) is 13.3. The summed E-state index contributed by atoms with van der Waals surface area (Å²) in [5.74, 6) is -0.201. The molecular formula is C57H56Cl2N8O5. The van der Waals surface area contributed by atoms with Crippen LogP contribution in [0.15, 0.2) is 122 Å². The van der Waals surface area contributed by atoms with Crippen molar-refractivity contribution < 1.29 is 23.9 Å². The number of carbonyl (C=O) groups excluding carboxylic acids is 3. The number of rotatable bonds is 10. The number of fused-ring (bicyclic) bond motifs is 4. The molecule has 6 N–H and O–H groups in total. The molecule has 10 rings (SSSR count). The highest BCUT2D eigenvalue weighted by Gasteiger charge is 2.42. The van der Waals surface area contributed by atoms with E-state index in [9.17, 15) is 9.59 Å². The van der Waals surface area contributed by atoms with E-state index in [1.807, 2.05) is 126 Å². The Morgan fingerprint density at radius 3 is 1.36 bits per heavy atom. The molecule has 0 bridgehead atoms. The Balaban J connectivity index is 1.07. The van der Waals surface area contributed by atoms with E-state index < -0.39 is 35.5 Å². The molecule has 15 heteroatoms. The van der Waals surface area contributed by atoms with Crippen molar-refractivity contribution in [1.82, 2.24) is 29.7 Å². The van der Waals surface area contributed by atoms with Crippen LogP contribution in [-0.4, -0.2) is 48.3 Å². The van der Waals surface area contributed by atoms with Gasteiger partial charge in [0, 0.05) is 81.9 Å². The normalized spacial score (nSPS) is 16.4. The standard InChI is InChI=1S/C57H56Cl2N8O5/c1-56(2,3)71-54(69)66-45-13-7-33(43(60)23-31-15-19-62-20-16-31)25-35(45)27-47(66)37-9-11-41(58)39-29-64-51(49(37)39)53(68)52-50-38(10-12-42(59)40(50)30-65-52)48-28-36-26-34(44(61)24-32-17-21-63-22-18-32)8-14-46(36)67(48)55(70)72-57(4,5)6/h7-22,25-28,43-44,51-52,64-65H,23-24,29-30,60-61H2,1-6H3. The van der Waals surface area contributed by atoms with Crippen LogP contribution in [0.2, 0.25) is 10.0 Å². The number of Topliss-reactive ketones (excluding diaryl/α,β-unsaturated/α-hetero) is 1. The number of ether oxygens (including phenoxy) is 2. The molecule has 0 saturated heterocycles. The summed E-state index contributed by atoms with van der Waals surface area (Å²) in [6.07, 6.45) is 7.01. The molecule has 0 amide bonds. The Bertz CT molecular complexity index is 3210. The summed E-state index contributed by atoms with van der Waals surface area (Å²) in [5.41, 5.74) is 22.2. The van der Waals surface area contributed by atoms with Crippen molar-refractivity contribution in [3.05, 3.63) is 176 Å². The maximum absolute atomic E-state index is 15.6. The number of nitrogens with two attached hydrogens (primary N) is 2. The van der Waals surface area contributed by atoms with E-state index >= 15 is 4.79 Å². The van der Waals surface area contributed by atoms with Gasteiger partial charge in [-0.2, -0.15) is 0 Å². The largest absolute Gasteiger partial charge is 0.443 e. The maximum Gasteiger partial charge on any atom is 0.419 e. The molecule has 0 saturated carbocycles. The number of benzene rings is 4. The van der Waals surface area contributed by atoms with Crippen molar-refractivity contribution in [3.63, 3.8) is 0 Å². The Kier molecular flexibility index (Phi) is 12.9. The van der Waals surface area contributed by atoms with Crippen molar-refractivity contribution in [2.24, 2.45) is 11.5 Å². The van der Waals surface area contributed by atoms with Crippen molar-refractivity contribution in [2.45, 2.75) is 103 Å². The molecular weight excluding hydrogens is 948 g/mol. The quantitative estimate of drug-likeness (QED) is 0.102. The minimum atomic E-state index is -0.889. The summed E-state index contributed by atoms with van der Waals surface area (Å²) in [6.45, 7) is 11.5. The van der Waals surface area contributed by atoms with Gasteiger partial charge in [-0.05, 0) is 172 Å². The molecule has 2 aliphatic heterocycles. The fourth-order valence-corrected chi connectivity index (χ4v) is 10.6. The lowest BCUT2D eigenvalue weighted by Gasteiger charge is -2.24. The average Bonchev–Trinajstić information content (AvgIpc) is 4.14. The minimum absolute atomic E-state index is 0.201. The number of nitrogens with one attached hydrogen (secondary N) is 2. The van der Waals surface area contributed by atoms with E-state index in [0.29, 0.717) is 80.7 Å². The van der Waals surface area contributed by atoms with Gasteiger partial charge in [0.25, 0.3) is 0 Å². The molecule has 8 aromatic rings. The minimum Gasteiger partial charge on any atom is -0.443 e. The molecule has 368 valence electrons. The van der Waals surface area contributed by atoms with Crippen LogP contribution in [0.5, 0.6) is 0 Å². The Labute approximate surface area is 427 Å². The highest BCUT2D eigenvalue weighted by atomic mass is 35.5. The van der Waals surface area contributed by atoms with Crippen LogP contribution >= 0.6 is 23.2 Å². The number of pyridine rings is 2. The van der Waals surface area contributed by atoms with E-state index in [4.69, 9.17) is 44.1 Å². The Morgan fingerprint density at radius 1 is 0.597 bits per heavy atom. The Morgan fingerprint density at radius 2 is 0.986 bits per heavy atom. The molecule has 13 nitrogen and oxygen atoms in total. The van der Waals surface area contributed by atoms with Crippen LogP contribution in [0.4, 0.5) is 9.59 Å². The Hall–Kier alpha value is -6.71. The zero-order valence-electron chi connectivity index (χ0n) is 40.9. The topological polar surface area (TPSA) is 181 Å². The van der Waals surface area contributed by atoms with Gasteiger partial charge in [-0.15, -0.1) is 0 Å².